The average molecular weight is 345 g/mol. The smallest absolute Gasteiger partial charge is 0.314 e. The highest BCUT2D eigenvalue weighted by molar-refractivity contribution is 6.30. The van der Waals surface area contributed by atoms with E-state index in [2.05, 4.69) is 20.4 Å². The number of aromatic amines is 1. The lowest BCUT2D eigenvalue weighted by atomic mass is 10.0. The molecule has 1 aromatic carbocycles. The van der Waals surface area contributed by atoms with Gasteiger partial charge in [0.1, 0.15) is 0 Å². The van der Waals surface area contributed by atoms with Gasteiger partial charge in [-0.25, -0.2) is 0 Å². The van der Waals surface area contributed by atoms with Crippen LogP contribution in [0.25, 0.3) is 0 Å². The maximum Gasteiger partial charge on any atom is 0.435 e. The van der Waals surface area contributed by atoms with Crippen LogP contribution < -0.4 is 5.32 Å². The number of rotatable bonds is 3. The minimum atomic E-state index is -4.43. The standard InChI is InChI=1S/C15H16ClF3N4/c16-11-3-1-2-10(6-11)13-8-20-4-5-23(13)9-12-7-14(22-21-12)15(17,18)19/h1-3,6-7,13,20H,4-5,8-9H2,(H,21,22). The summed E-state index contributed by atoms with van der Waals surface area (Å²) in [6, 6.07) is 8.67. The number of H-pyrrole nitrogens is 1. The molecule has 1 aliphatic rings. The first-order valence-corrected chi connectivity index (χ1v) is 7.63. The van der Waals surface area contributed by atoms with Crippen LogP contribution in [0.15, 0.2) is 30.3 Å². The molecule has 0 bridgehead atoms. The molecule has 1 aliphatic heterocycles. The predicted molar refractivity (Wildman–Crippen MR) is 81.1 cm³/mol. The fourth-order valence-electron chi connectivity index (χ4n) is 2.78. The van der Waals surface area contributed by atoms with Crippen molar-refractivity contribution in [1.29, 1.82) is 0 Å². The Labute approximate surface area is 136 Å². The summed E-state index contributed by atoms with van der Waals surface area (Å²) in [6.45, 7) is 2.62. The molecule has 1 fully saturated rings. The summed E-state index contributed by atoms with van der Waals surface area (Å²) in [5.74, 6) is 0. The number of nitrogens with one attached hydrogen (secondary N) is 2. The predicted octanol–water partition coefficient (Wildman–Crippen LogP) is 3.23. The Balaban J connectivity index is 1.78. The van der Waals surface area contributed by atoms with Gasteiger partial charge in [0, 0.05) is 42.9 Å². The Bertz CT molecular complexity index is 671. The minimum Gasteiger partial charge on any atom is -0.314 e. The van der Waals surface area contributed by atoms with Crippen molar-refractivity contribution in [3.8, 4) is 0 Å². The first kappa shape index (κ1) is 16.3. The second kappa shape index (κ2) is 6.51. The molecule has 0 radical (unpaired) electrons. The monoisotopic (exact) mass is 344 g/mol. The van der Waals surface area contributed by atoms with Crippen LogP contribution in [0, 0.1) is 0 Å². The van der Waals surface area contributed by atoms with E-state index in [0.717, 1.165) is 31.3 Å². The maximum atomic E-state index is 12.6. The van der Waals surface area contributed by atoms with Crippen molar-refractivity contribution < 1.29 is 13.2 Å². The van der Waals surface area contributed by atoms with Crippen molar-refractivity contribution in [2.24, 2.45) is 0 Å². The van der Waals surface area contributed by atoms with Crippen LogP contribution in [0.5, 0.6) is 0 Å². The Hall–Kier alpha value is -1.57. The third-order valence-corrected chi connectivity index (χ3v) is 4.12. The molecule has 2 heterocycles. The van der Waals surface area contributed by atoms with Crippen molar-refractivity contribution in [3.05, 3.63) is 52.3 Å². The maximum absolute atomic E-state index is 12.6. The number of benzene rings is 1. The summed E-state index contributed by atoms with van der Waals surface area (Å²) in [5, 5.41) is 9.79. The van der Waals surface area contributed by atoms with E-state index in [0.29, 0.717) is 17.3 Å². The van der Waals surface area contributed by atoms with Gasteiger partial charge in [0.25, 0.3) is 0 Å². The SMILES string of the molecule is FC(F)(F)c1cc(CN2CCNCC2c2cccc(Cl)c2)[nH]n1. The van der Waals surface area contributed by atoms with Crippen LogP contribution in [0.3, 0.4) is 0 Å². The lowest BCUT2D eigenvalue weighted by Gasteiger charge is -2.36. The molecule has 1 atom stereocenters. The second-order valence-electron chi connectivity index (χ2n) is 5.52. The third-order valence-electron chi connectivity index (χ3n) is 3.88. The van der Waals surface area contributed by atoms with E-state index >= 15 is 0 Å². The molecule has 23 heavy (non-hydrogen) atoms. The summed E-state index contributed by atoms with van der Waals surface area (Å²) < 4.78 is 37.9. The molecule has 4 nitrogen and oxygen atoms in total. The molecule has 0 spiro atoms. The van der Waals surface area contributed by atoms with Crippen molar-refractivity contribution in [2.45, 2.75) is 18.8 Å². The molecule has 124 valence electrons. The molecule has 0 saturated carbocycles. The molecular weight excluding hydrogens is 329 g/mol. The Kier molecular flexibility index (Phi) is 4.61. The molecule has 0 amide bonds. The van der Waals surface area contributed by atoms with Gasteiger partial charge in [-0.15, -0.1) is 0 Å². The zero-order chi connectivity index (χ0) is 16.4. The number of hydrogen-bond acceptors (Lipinski definition) is 3. The Morgan fingerprint density at radius 2 is 2.13 bits per heavy atom. The largest absolute Gasteiger partial charge is 0.435 e. The summed E-state index contributed by atoms with van der Waals surface area (Å²) >= 11 is 6.05. The van der Waals surface area contributed by atoms with Crippen LogP contribution in [0.4, 0.5) is 13.2 Å². The first-order chi connectivity index (χ1) is 10.9. The summed E-state index contributed by atoms with van der Waals surface area (Å²) in [5.41, 5.74) is 0.605. The Morgan fingerprint density at radius 1 is 1.30 bits per heavy atom. The van der Waals surface area contributed by atoms with Gasteiger partial charge in [0.15, 0.2) is 5.69 Å². The molecule has 3 rings (SSSR count). The fraction of sp³-hybridized carbons (Fsp3) is 0.400. The number of alkyl halides is 3. The van der Waals surface area contributed by atoms with E-state index in [1.807, 2.05) is 18.2 Å². The lowest BCUT2D eigenvalue weighted by Crippen LogP contribution is -2.45. The summed E-state index contributed by atoms with van der Waals surface area (Å²) in [7, 11) is 0. The first-order valence-electron chi connectivity index (χ1n) is 7.25. The van der Waals surface area contributed by atoms with Crippen molar-refractivity contribution >= 4 is 11.6 Å². The zero-order valence-electron chi connectivity index (χ0n) is 12.2. The van der Waals surface area contributed by atoms with E-state index in [4.69, 9.17) is 11.6 Å². The highest BCUT2D eigenvalue weighted by atomic mass is 35.5. The van der Waals surface area contributed by atoms with Gasteiger partial charge >= 0.3 is 6.18 Å². The molecule has 2 N–H and O–H groups in total. The normalized spacial score (nSPS) is 19.9. The molecule has 1 saturated heterocycles. The molecule has 8 heteroatoms. The molecule has 1 aromatic heterocycles. The number of halogens is 4. The topological polar surface area (TPSA) is 44.0 Å². The molecule has 0 aliphatic carbocycles. The van der Waals surface area contributed by atoms with Crippen LogP contribution in [0.2, 0.25) is 5.02 Å². The second-order valence-corrected chi connectivity index (χ2v) is 5.96. The highest BCUT2D eigenvalue weighted by Gasteiger charge is 2.34. The molecular formula is C15H16ClF3N4. The van der Waals surface area contributed by atoms with Crippen LogP contribution in [0.1, 0.15) is 23.0 Å². The van der Waals surface area contributed by atoms with Gasteiger partial charge < -0.3 is 5.32 Å². The van der Waals surface area contributed by atoms with Gasteiger partial charge in [-0.2, -0.15) is 18.3 Å². The Morgan fingerprint density at radius 3 is 2.83 bits per heavy atom. The van der Waals surface area contributed by atoms with Crippen LogP contribution >= 0.6 is 11.6 Å². The molecule has 2 aromatic rings. The molecule has 1 unspecified atom stereocenters. The van der Waals surface area contributed by atoms with Crippen molar-refractivity contribution in [1.82, 2.24) is 20.4 Å². The van der Waals surface area contributed by atoms with Gasteiger partial charge in [-0.3, -0.25) is 10.00 Å². The number of piperazine rings is 1. The van der Waals surface area contributed by atoms with Crippen LogP contribution in [-0.4, -0.2) is 34.7 Å². The van der Waals surface area contributed by atoms with Crippen LogP contribution in [-0.2, 0) is 12.7 Å². The number of hydrogen-bond donors (Lipinski definition) is 2. The summed E-state index contributed by atoms with van der Waals surface area (Å²) in [4.78, 5) is 2.12. The van der Waals surface area contributed by atoms with E-state index < -0.39 is 11.9 Å². The van der Waals surface area contributed by atoms with Gasteiger partial charge in [0.2, 0.25) is 0 Å². The lowest BCUT2D eigenvalue weighted by molar-refractivity contribution is -0.141. The van der Waals surface area contributed by atoms with E-state index in [9.17, 15) is 13.2 Å². The fourth-order valence-corrected chi connectivity index (χ4v) is 2.98. The van der Waals surface area contributed by atoms with E-state index in [1.54, 1.807) is 6.07 Å². The number of aromatic nitrogens is 2. The van der Waals surface area contributed by atoms with E-state index in [-0.39, 0.29) is 6.04 Å². The van der Waals surface area contributed by atoms with Crippen molar-refractivity contribution in [2.75, 3.05) is 19.6 Å². The third kappa shape index (κ3) is 3.85. The van der Waals surface area contributed by atoms with Gasteiger partial charge in [0.05, 0.1) is 0 Å². The van der Waals surface area contributed by atoms with Gasteiger partial charge in [-0.1, -0.05) is 23.7 Å². The minimum absolute atomic E-state index is 0.0556. The number of nitrogens with zero attached hydrogens (tertiary/aromatic N) is 2. The van der Waals surface area contributed by atoms with Gasteiger partial charge in [-0.05, 0) is 23.8 Å². The highest BCUT2D eigenvalue weighted by Crippen LogP contribution is 2.29. The quantitative estimate of drug-likeness (QED) is 0.898. The summed E-state index contributed by atoms with van der Waals surface area (Å²) in [6.07, 6.45) is -4.43. The average Bonchev–Trinajstić information content (AvgIpc) is 2.96. The van der Waals surface area contributed by atoms with E-state index in [1.165, 1.54) is 0 Å². The van der Waals surface area contributed by atoms with Crippen molar-refractivity contribution in [3.63, 3.8) is 0 Å². The zero-order valence-corrected chi connectivity index (χ0v) is 13.0.